The molecule has 19 heavy (non-hydrogen) atoms. The first-order valence-electron chi connectivity index (χ1n) is 6.77. The Morgan fingerprint density at radius 3 is 2.32 bits per heavy atom. The molecule has 108 valence electrons. The average molecular weight is 283 g/mol. The van der Waals surface area contributed by atoms with Gasteiger partial charge in [0.05, 0.1) is 16.3 Å². The topological polar surface area (TPSA) is 46.2 Å². The van der Waals surface area contributed by atoms with Gasteiger partial charge >= 0.3 is 0 Å². The number of anilines is 1. The van der Waals surface area contributed by atoms with Crippen molar-refractivity contribution in [3.05, 3.63) is 24.3 Å². The van der Waals surface area contributed by atoms with Gasteiger partial charge in [0.25, 0.3) is 0 Å². The van der Waals surface area contributed by atoms with E-state index < -0.39 is 9.84 Å². The number of hydrogen-bond acceptors (Lipinski definition) is 3. The van der Waals surface area contributed by atoms with Crippen molar-refractivity contribution in [1.82, 2.24) is 0 Å². The van der Waals surface area contributed by atoms with E-state index in [1.807, 2.05) is 19.1 Å². The summed E-state index contributed by atoms with van der Waals surface area (Å²) in [5.74, 6) is 0.190. The molecule has 0 aromatic heterocycles. The lowest BCUT2D eigenvalue weighted by atomic mass is 9.88. The molecular weight excluding hydrogens is 258 g/mol. The molecule has 0 amide bonds. The summed E-state index contributed by atoms with van der Waals surface area (Å²) in [6.07, 6.45) is 0.630. The number of hydrogen-bond donors (Lipinski definition) is 1. The summed E-state index contributed by atoms with van der Waals surface area (Å²) in [5.41, 5.74) is 0.778. The van der Waals surface area contributed by atoms with Gasteiger partial charge in [0.1, 0.15) is 0 Å². The van der Waals surface area contributed by atoms with Crippen molar-refractivity contribution in [3.8, 4) is 0 Å². The van der Waals surface area contributed by atoms with Crippen LogP contribution in [0.5, 0.6) is 0 Å². The van der Waals surface area contributed by atoms with Crippen LogP contribution in [0.3, 0.4) is 0 Å². The minimum Gasteiger partial charge on any atom is -0.381 e. The lowest BCUT2D eigenvalue weighted by Gasteiger charge is -2.29. The maximum Gasteiger partial charge on any atom is 0.180 e. The lowest BCUT2D eigenvalue weighted by molar-refractivity contribution is 0.359. The summed E-state index contributed by atoms with van der Waals surface area (Å²) in [6.45, 7) is 10.4. The second-order valence-electron chi connectivity index (χ2n) is 6.05. The highest BCUT2D eigenvalue weighted by Gasteiger charge is 2.23. The minimum atomic E-state index is -3.19. The lowest BCUT2D eigenvalue weighted by Crippen LogP contribution is -2.31. The van der Waals surface area contributed by atoms with Gasteiger partial charge in [-0.05, 0) is 30.9 Å². The van der Waals surface area contributed by atoms with Gasteiger partial charge in [0, 0.05) is 6.04 Å². The van der Waals surface area contributed by atoms with E-state index in [1.54, 1.807) is 12.1 Å². The summed E-state index contributed by atoms with van der Waals surface area (Å²) in [6, 6.07) is 7.34. The van der Waals surface area contributed by atoms with Crippen LogP contribution in [0.25, 0.3) is 0 Å². The largest absolute Gasteiger partial charge is 0.381 e. The molecule has 0 saturated heterocycles. The van der Waals surface area contributed by atoms with Gasteiger partial charge < -0.3 is 5.32 Å². The van der Waals surface area contributed by atoms with Gasteiger partial charge in [-0.3, -0.25) is 0 Å². The summed E-state index contributed by atoms with van der Waals surface area (Å²) in [5, 5.41) is 3.34. The molecule has 1 N–H and O–H groups in total. The number of para-hydroxylation sites is 1. The number of benzene rings is 1. The van der Waals surface area contributed by atoms with E-state index in [1.165, 1.54) is 0 Å². The molecule has 0 bridgehead atoms. The van der Waals surface area contributed by atoms with Gasteiger partial charge in [-0.15, -0.1) is 0 Å². The van der Waals surface area contributed by atoms with Crippen molar-refractivity contribution in [3.63, 3.8) is 0 Å². The zero-order valence-corrected chi connectivity index (χ0v) is 13.3. The molecule has 1 atom stereocenters. The van der Waals surface area contributed by atoms with Crippen molar-refractivity contribution in [2.24, 2.45) is 5.41 Å². The molecule has 0 heterocycles. The predicted molar refractivity (Wildman–Crippen MR) is 81.3 cm³/mol. The normalized spacial score (nSPS) is 14.2. The highest BCUT2D eigenvalue weighted by molar-refractivity contribution is 7.91. The van der Waals surface area contributed by atoms with Crippen LogP contribution in [0, 0.1) is 5.41 Å². The van der Waals surface area contributed by atoms with Crippen LogP contribution in [-0.2, 0) is 9.84 Å². The third kappa shape index (κ3) is 4.23. The Balaban J connectivity index is 3.11. The first kappa shape index (κ1) is 16.0. The minimum absolute atomic E-state index is 0.0711. The van der Waals surface area contributed by atoms with Crippen molar-refractivity contribution in [2.75, 3.05) is 11.1 Å². The highest BCUT2D eigenvalue weighted by Crippen LogP contribution is 2.27. The number of sulfone groups is 1. The van der Waals surface area contributed by atoms with Crippen LogP contribution < -0.4 is 5.32 Å². The van der Waals surface area contributed by atoms with Crippen molar-refractivity contribution >= 4 is 15.5 Å². The monoisotopic (exact) mass is 283 g/mol. The molecule has 1 aromatic carbocycles. The molecule has 4 heteroatoms. The van der Waals surface area contributed by atoms with E-state index in [0.29, 0.717) is 17.0 Å². The van der Waals surface area contributed by atoms with E-state index in [2.05, 4.69) is 33.0 Å². The smallest absolute Gasteiger partial charge is 0.180 e. The first-order chi connectivity index (χ1) is 8.68. The summed E-state index contributed by atoms with van der Waals surface area (Å²) < 4.78 is 24.5. The maximum atomic E-state index is 12.2. The molecule has 0 aliphatic carbocycles. The zero-order chi connectivity index (χ0) is 14.7. The fraction of sp³-hybridized carbons (Fsp3) is 0.600. The van der Waals surface area contributed by atoms with Gasteiger partial charge in [-0.25, -0.2) is 8.42 Å². The Morgan fingerprint density at radius 2 is 1.79 bits per heavy atom. The van der Waals surface area contributed by atoms with Crippen LogP contribution >= 0.6 is 0 Å². The van der Waals surface area contributed by atoms with E-state index in [9.17, 15) is 8.42 Å². The Kier molecular flexibility index (Phi) is 5.02. The molecule has 1 aromatic rings. The second-order valence-corrected chi connectivity index (χ2v) is 8.12. The third-order valence-electron chi connectivity index (χ3n) is 3.37. The van der Waals surface area contributed by atoms with Crippen molar-refractivity contribution in [2.45, 2.75) is 52.0 Å². The molecule has 3 nitrogen and oxygen atoms in total. The van der Waals surface area contributed by atoms with E-state index >= 15 is 0 Å². The van der Waals surface area contributed by atoms with Gasteiger partial charge in [-0.2, -0.15) is 0 Å². The van der Waals surface area contributed by atoms with Gasteiger partial charge in [0.2, 0.25) is 0 Å². The average Bonchev–Trinajstić information content (AvgIpc) is 2.28. The summed E-state index contributed by atoms with van der Waals surface area (Å²) in [7, 11) is -3.19. The predicted octanol–water partition coefficient (Wildman–Crippen LogP) is 3.72. The molecular formula is C15H25NO2S. The molecule has 1 unspecified atom stereocenters. The van der Waals surface area contributed by atoms with Crippen LogP contribution in [0.1, 0.15) is 41.0 Å². The zero-order valence-electron chi connectivity index (χ0n) is 12.5. The molecule has 0 fully saturated rings. The molecule has 0 saturated carbocycles. The van der Waals surface area contributed by atoms with Crippen LogP contribution in [0.15, 0.2) is 29.2 Å². The Bertz CT molecular complexity index is 515. The fourth-order valence-electron chi connectivity index (χ4n) is 1.69. The second kappa shape index (κ2) is 5.95. The first-order valence-corrected chi connectivity index (χ1v) is 8.42. The van der Waals surface area contributed by atoms with Crippen LogP contribution in [0.2, 0.25) is 0 Å². The Morgan fingerprint density at radius 1 is 1.21 bits per heavy atom. The third-order valence-corrected chi connectivity index (χ3v) is 5.34. The number of rotatable bonds is 5. The van der Waals surface area contributed by atoms with Crippen molar-refractivity contribution in [1.29, 1.82) is 0 Å². The number of nitrogens with one attached hydrogen (secondary N) is 1. The van der Waals surface area contributed by atoms with Crippen molar-refractivity contribution < 1.29 is 8.42 Å². The summed E-state index contributed by atoms with van der Waals surface area (Å²) >= 11 is 0. The molecule has 0 aliphatic rings. The maximum absolute atomic E-state index is 12.2. The Hall–Kier alpha value is -1.03. The molecule has 0 spiro atoms. The van der Waals surface area contributed by atoms with Crippen LogP contribution in [-0.4, -0.2) is 20.2 Å². The SMILES string of the molecule is CCCS(=O)(=O)c1ccccc1NC(C)C(C)(C)C. The summed E-state index contributed by atoms with van der Waals surface area (Å²) in [4.78, 5) is 0.410. The van der Waals surface area contributed by atoms with E-state index in [0.717, 1.165) is 0 Å². The molecule has 0 aliphatic heterocycles. The fourth-order valence-corrected chi connectivity index (χ4v) is 3.19. The van der Waals surface area contributed by atoms with E-state index in [-0.39, 0.29) is 17.2 Å². The molecule has 0 radical (unpaired) electrons. The Labute approximate surface area is 117 Å². The standard InChI is InChI=1S/C15H25NO2S/c1-6-11-19(17,18)14-10-8-7-9-13(14)16-12(2)15(3,4)5/h7-10,12,16H,6,11H2,1-5H3. The van der Waals surface area contributed by atoms with Gasteiger partial charge in [-0.1, -0.05) is 39.8 Å². The van der Waals surface area contributed by atoms with E-state index in [4.69, 9.17) is 0 Å². The molecule has 1 rings (SSSR count). The quantitative estimate of drug-likeness (QED) is 0.896. The van der Waals surface area contributed by atoms with Gasteiger partial charge in [0.15, 0.2) is 9.84 Å². The van der Waals surface area contributed by atoms with Crippen LogP contribution in [0.4, 0.5) is 5.69 Å². The highest BCUT2D eigenvalue weighted by atomic mass is 32.2.